The van der Waals surface area contributed by atoms with Crippen LogP contribution in [-0.2, 0) is 7.05 Å². The van der Waals surface area contributed by atoms with Gasteiger partial charge >= 0.3 is 0 Å². The van der Waals surface area contributed by atoms with E-state index in [0.717, 1.165) is 42.2 Å². The summed E-state index contributed by atoms with van der Waals surface area (Å²) >= 11 is 0. The van der Waals surface area contributed by atoms with E-state index in [2.05, 4.69) is 36.3 Å². The molecule has 4 aromatic rings. The normalized spacial score (nSPS) is 16.0. The second-order valence-corrected chi connectivity index (χ2v) is 7.17. The van der Waals surface area contributed by atoms with Crippen LogP contribution in [0.25, 0.3) is 22.7 Å². The Morgan fingerprint density at radius 1 is 1.13 bits per heavy atom. The number of anilines is 1. The molecule has 3 aromatic heterocycles. The molecule has 0 spiro atoms. The molecule has 9 nitrogen and oxygen atoms in total. The van der Waals surface area contributed by atoms with E-state index in [4.69, 9.17) is 9.78 Å². The molecule has 0 unspecified atom stereocenters. The molecule has 1 fully saturated rings. The van der Waals surface area contributed by atoms with Crippen LogP contribution in [0.1, 0.15) is 30.1 Å². The van der Waals surface area contributed by atoms with Crippen LogP contribution in [0, 0.1) is 11.3 Å². The molecule has 0 bridgehead atoms. The van der Waals surface area contributed by atoms with Gasteiger partial charge in [-0.1, -0.05) is 17.3 Å². The number of benzene rings is 1. The molecule has 9 heteroatoms. The summed E-state index contributed by atoms with van der Waals surface area (Å²) in [5.74, 6) is 2.13. The highest BCUT2D eigenvalue weighted by Gasteiger charge is 2.32. The maximum absolute atomic E-state index is 9.13. The molecule has 1 aliphatic heterocycles. The van der Waals surface area contributed by atoms with Crippen LogP contribution in [0.4, 0.5) is 5.95 Å². The Balaban J connectivity index is 1.45. The van der Waals surface area contributed by atoms with Crippen LogP contribution < -0.4 is 4.90 Å². The third-order valence-electron chi connectivity index (χ3n) is 5.33. The van der Waals surface area contributed by atoms with Crippen LogP contribution >= 0.6 is 0 Å². The Hall–Kier alpha value is -4.06. The number of aromatic nitrogens is 6. The largest absolute Gasteiger partial charge is 0.356 e. The fourth-order valence-electron chi connectivity index (χ4n) is 3.87. The van der Waals surface area contributed by atoms with Gasteiger partial charge in [-0.25, -0.2) is 9.97 Å². The minimum absolute atomic E-state index is 0.0458. The summed E-state index contributed by atoms with van der Waals surface area (Å²) in [7, 11) is 1.94. The molecule has 4 heterocycles. The van der Waals surface area contributed by atoms with Crippen molar-refractivity contribution in [2.24, 2.45) is 7.05 Å². The molecule has 5 rings (SSSR count). The van der Waals surface area contributed by atoms with Gasteiger partial charge in [-0.2, -0.15) is 5.26 Å². The van der Waals surface area contributed by atoms with Gasteiger partial charge in [-0.15, -0.1) is 10.2 Å². The summed E-state index contributed by atoms with van der Waals surface area (Å²) in [5.41, 5.74) is 3.08. The van der Waals surface area contributed by atoms with Crippen molar-refractivity contribution in [3.63, 3.8) is 0 Å². The average molecular weight is 398 g/mol. The van der Waals surface area contributed by atoms with Gasteiger partial charge in [-0.05, 0) is 25.0 Å². The molecular formula is C21H18N8O. The van der Waals surface area contributed by atoms with Crippen LogP contribution in [0.15, 0.2) is 53.6 Å². The van der Waals surface area contributed by atoms with Gasteiger partial charge in [0.05, 0.1) is 23.2 Å². The van der Waals surface area contributed by atoms with E-state index >= 15 is 0 Å². The summed E-state index contributed by atoms with van der Waals surface area (Å²) in [4.78, 5) is 10.3. The van der Waals surface area contributed by atoms with E-state index in [0.29, 0.717) is 17.1 Å². The highest BCUT2D eigenvalue weighted by atomic mass is 16.5. The van der Waals surface area contributed by atoms with Gasteiger partial charge in [0.25, 0.3) is 0 Å². The first-order chi connectivity index (χ1) is 14.7. The summed E-state index contributed by atoms with van der Waals surface area (Å²) < 4.78 is 7.56. The van der Waals surface area contributed by atoms with Crippen LogP contribution in [-0.4, -0.2) is 36.4 Å². The molecule has 0 N–H and O–H groups in total. The predicted octanol–water partition coefficient (Wildman–Crippen LogP) is 3.14. The van der Waals surface area contributed by atoms with Crippen molar-refractivity contribution in [1.82, 2.24) is 29.9 Å². The van der Waals surface area contributed by atoms with E-state index in [1.54, 1.807) is 24.5 Å². The van der Waals surface area contributed by atoms with E-state index in [1.165, 1.54) is 6.33 Å². The average Bonchev–Trinajstić information content (AvgIpc) is 3.53. The van der Waals surface area contributed by atoms with Gasteiger partial charge < -0.3 is 9.42 Å². The van der Waals surface area contributed by atoms with Crippen molar-refractivity contribution in [2.45, 2.75) is 18.9 Å². The topological polar surface area (TPSA) is 110 Å². The van der Waals surface area contributed by atoms with Crippen LogP contribution in [0.5, 0.6) is 0 Å². The molecule has 0 amide bonds. The molecule has 1 saturated heterocycles. The predicted molar refractivity (Wildman–Crippen MR) is 108 cm³/mol. The van der Waals surface area contributed by atoms with Crippen molar-refractivity contribution >= 4 is 5.95 Å². The lowest BCUT2D eigenvalue weighted by atomic mass is 10.1. The van der Waals surface area contributed by atoms with Crippen molar-refractivity contribution < 1.29 is 4.52 Å². The zero-order valence-electron chi connectivity index (χ0n) is 16.3. The molecule has 1 atom stereocenters. The maximum atomic E-state index is 9.13. The van der Waals surface area contributed by atoms with E-state index < -0.39 is 0 Å². The minimum atomic E-state index is 0.0458. The highest BCUT2D eigenvalue weighted by Crippen LogP contribution is 2.37. The number of nitrogens with zero attached hydrogens (tertiary/aromatic N) is 8. The Morgan fingerprint density at radius 2 is 2.00 bits per heavy atom. The van der Waals surface area contributed by atoms with Crippen molar-refractivity contribution in [3.05, 3.63) is 60.3 Å². The lowest BCUT2D eigenvalue weighted by molar-refractivity contribution is 0.416. The fraction of sp³-hybridized carbons (Fsp3) is 0.238. The number of hydrogen-bond acceptors (Lipinski definition) is 8. The Bertz CT molecular complexity index is 1220. The zero-order chi connectivity index (χ0) is 20.5. The molecule has 0 aliphatic carbocycles. The smallest absolute Gasteiger partial charge is 0.227 e. The molecular weight excluding hydrogens is 380 g/mol. The van der Waals surface area contributed by atoms with E-state index in [9.17, 15) is 0 Å². The van der Waals surface area contributed by atoms with E-state index in [1.807, 2.05) is 29.8 Å². The SMILES string of the molecule is Cn1c(-c2cncnc2)nnc1N1CCC[C@@H]1c1cc(-c2cccc(C#N)c2)on1. The maximum Gasteiger partial charge on any atom is 0.227 e. The molecule has 0 radical (unpaired) electrons. The third kappa shape index (κ3) is 3.08. The molecule has 1 aliphatic rings. The van der Waals surface area contributed by atoms with Crippen molar-refractivity contribution in [3.8, 4) is 28.8 Å². The fourth-order valence-corrected chi connectivity index (χ4v) is 3.87. The minimum Gasteiger partial charge on any atom is -0.356 e. The van der Waals surface area contributed by atoms with Gasteiger partial charge in [0.2, 0.25) is 5.95 Å². The van der Waals surface area contributed by atoms with Crippen molar-refractivity contribution in [1.29, 1.82) is 5.26 Å². The number of hydrogen-bond donors (Lipinski definition) is 0. The Kier molecular flexibility index (Phi) is 4.44. The summed E-state index contributed by atoms with van der Waals surface area (Å²) in [5, 5.41) is 22.2. The first-order valence-electron chi connectivity index (χ1n) is 9.63. The molecule has 1 aromatic carbocycles. The Labute approximate surface area is 172 Å². The van der Waals surface area contributed by atoms with E-state index in [-0.39, 0.29) is 6.04 Å². The van der Waals surface area contributed by atoms with Gasteiger partial charge in [0.1, 0.15) is 12.0 Å². The summed E-state index contributed by atoms with van der Waals surface area (Å²) in [6.07, 6.45) is 6.91. The van der Waals surface area contributed by atoms with Gasteiger partial charge in [0.15, 0.2) is 11.6 Å². The zero-order valence-corrected chi connectivity index (χ0v) is 16.3. The summed E-state index contributed by atoms with van der Waals surface area (Å²) in [6.45, 7) is 0.855. The monoisotopic (exact) mass is 398 g/mol. The standard InChI is InChI=1S/C21H18N8O/c1-28-20(16-11-23-13-24-12-16)25-26-21(28)29-7-3-6-18(29)17-9-19(30-27-17)15-5-2-4-14(8-15)10-22/h2,4-5,8-9,11-13,18H,3,6-7H2,1H3/t18-/m1/s1. The molecule has 30 heavy (non-hydrogen) atoms. The van der Waals surface area contributed by atoms with Crippen LogP contribution in [0.2, 0.25) is 0 Å². The number of rotatable bonds is 4. The molecule has 148 valence electrons. The van der Waals surface area contributed by atoms with Gasteiger partial charge in [-0.3, -0.25) is 4.57 Å². The van der Waals surface area contributed by atoms with Crippen LogP contribution in [0.3, 0.4) is 0 Å². The van der Waals surface area contributed by atoms with Crippen molar-refractivity contribution in [2.75, 3.05) is 11.4 Å². The second-order valence-electron chi connectivity index (χ2n) is 7.17. The summed E-state index contributed by atoms with van der Waals surface area (Å²) in [6, 6.07) is 11.5. The third-order valence-corrected chi connectivity index (χ3v) is 5.33. The first-order valence-corrected chi connectivity index (χ1v) is 9.63. The highest BCUT2D eigenvalue weighted by molar-refractivity contribution is 5.60. The quantitative estimate of drug-likeness (QED) is 0.516. The second kappa shape index (κ2) is 7.40. The first kappa shape index (κ1) is 18.0. The lowest BCUT2D eigenvalue weighted by Crippen LogP contribution is -2.25. The number of nitriles is 1. The lowest BCUT2D eigenvalue weighted by Gasteiger charge is -2.23. The van der Waals surface area contributed by atoms with Gasteiger partial charge in [0, 0.05) is 37.6 Å². The Morgan fingerprint density at radius 3 is 2.83 bits per heavy atom. The molecule has 0 saturated carbocycles.